The zero-order valence-electron chi connectivity index (χ0n) is 11.6. The molecule has 0 bridgehead atoms. The van der Waals surface area contributed by atoms with Gasteiger partial charge in [-0.05, 0) is 12.1 Å². The molecule has 0 fully saturated rings. The van der Waals surface area contributed by atoms with Crippen molar-refractivity contribution < 1.29 is 9.59 Å². The van der Waals surface area contributed by atoms with Crippen molar-refractivity contribution in [1.82, 2.24) is 25.0 Å². The highest BCUT2D eigenvalue weighted by molar-refractivity contribution is 5.94. The van der Waals surface area contributed by atoms with Crippen molar-refractivity contribution in [2.45, 2.75) is 13.1 Å². The SMILES string of the molecule is CNC(=O)c1nnc2n1CCN(C(=O)c1ccccc1)C2. The van der Waals surface area contributed by atoms with Gasteiger partial charge in [0.25, 0.3) is 11.8 Å². The molecule has 0 unspecified atom stereocenters. The largest absolute Gasteiger partial charge is 0.352 e. The van der Waals surface area contributed by atoms with Gasteiger partial charge in [-0.15, -0.1) is 10.2 Å². The van der Waals surface area contributed by atoms with Crippen LogP contribution in [0.1, 0.15) is 26.8 Å². The first-order valence-electron chi connectivity index (χ1n) is 6.69. The summed E-state index contributed by atoms with van der Waals surface area (Å²) in [6.07, 6.45) is 0. The highest BCUT2D eigenvalue weighted by atomic mass is 16.2. The smallest absolute Gasteiger partial charge is 0.288 e. The fourth-order valence-corrected chi connectivity index (χ4v) is 2.37. The predicted octanol–water partition coefficient (Wildman–Crippen LogP) is 0.294. The molecule has 1 aliphatic heterocycles. The van der Waals surface area contributed by atoms with Gasteiger partial charge in [-0.2, -0.15) is 0 Å². The lowest BCUT2D eigenvalue weighted by atomic mass is 10.2. The van der Waals surface area contributed by atoms with Crippen LogP contribution in [0.2, 0.25) is 0 Å². The number of aromatic nitrogens is 3. The summed E-state index contributed by atoms with van der Waals surface area (Å²) in [4.78, 5) is 25.8. The van der Waals surface area contributed by atoms with Gasteiger partial charge < -0.3 is 14.8 Å². The number of hydrogen-bond donors (Lipinski definition) is 1. The first-order chi connectivity index (χ1) is 10.2. The summed E-state index contributed by atoms with van der Waals surface area (Å²) in [5, 5.41) is 10.4. The number of nitrogens with zero attached hydrogens (tertiary/aromatic N) is 4. The molecule has 1 aromatic heterocycles. The number of fused-ring (bicyclic) bond motifs is 1. The third-order valence-electron chi connectivity index (χ3n) is 3.49. The van der Waals surface area contributed by atoms with Crippen LogP contribution in [0.3, 0.4) is 0 Å². The van der Waals surface area contributed by atoms with Crippen LogP contribution in [0.4, 0.5) is 0 Å². The molecule has 0 saturated heterocycles. The average molecular weight is 285 g/mol. The fraction of sp³-hybridized carbons (Fsp3) is 0.286. The first kappa shape index (κ1) is 13.3. The number of carbonyl (C=O) groups is 2. The molecule has 3 rings (SSSR count). The second-order valence-corrected chi connectivity index (χ2v) is 4.76. The van der Waals surface area contributed by atoms with Gasteiger partial charge in [0.05, 0.1) is 6.54 Å². The van der Waals surface area contributed by atoms with Crippen LogP contribution in [0.5, 0.6) is 0 Å². The van der Waals surface area contributed by atoms with E-state index in [2.05, 4.69) is 15.5 Å². The first-order valence-corrected chi connectivity index (χ1v) is 6.69. The second-order valence-electron chi connectivity index (χ2n) is 4.76. The minimum atomic E-state index is -0.267. The number of hydrogen-bond acceptors (Lipinski definition) is 4. The monoisotopic (exact) mass is 285 g/mol. The van der Waals surface area contributed by atoms with Crippen molar-refractivity contribution in [3.05, 3.63) is 47.5 Å². The number of amides is 2. The molecule has 0 aliphatic carbocycles. The van der Waals surface area contributed by atoms with Gasteiger partial charge in [-0.3, -0.25) is 9.59 Å². The molecule has 7 nitrogen and oxygen atoms in total. The van der Waals surface area contributed by atoms with Crippen LogP contribution < -0.4 is 5.32 Å². The molecule has 1 N–H and O–H groups in total. The molecule has 7 heteroatoms. The van der Waals surface area contributed by atoms with Crippen molar-refractivity contribution in [2.75, 3.05) is 13.6 Å². The molecule has 108 valence electrons. The van der Waals surface area contributed by atoms with E-state index < -0.39 is 0 Å². The lowest BCUT2D eigenvalue weighted by Gasteiger charge is -2.27. The third kappa shape index (κ3) is 2.37. The molecule has 0 radical (unpaired) electrons. The Balaban J connectivity index is 1.81. The van der Waals surface area contributed by atoms with Crippen LogP contribution in [0, 0.1) is 0 Å². The molecule has 21 heavy (non-hydrogen) atoms. The van der Waals surface area contributed by atoms with Gasteiger partial charge in [0, 0.05) is 25.7 Å². The number of benzene rings is 1. The van der Waals surface area contributed by atoms with Gasteiger partial charge in [-0.25, -0.2) is 0 Å². The maximum absolute atomic E-state index is 12.4. The minimum absolute atomic E-state index is 0.0358. The van der Waals surface area contributed by atoms with Crippen molar-refractivity contribution in [2.24, 2.45) is 0 Å². The zero-order valence-corrected chi connectivity index (χ0v) is 11.6. The Morgan fingerprint density at radius 2 is 1.90 bits per heavy atom. The lowest BCUT2D eigenvalue weighted by molar-refractivity contribution is 0.0706. The van der Waals surface area contributed by atoms with E-state index in [4.69, 9.17) is 0 Å². The van der Waals surface area contributed by atoms with Crippen molar-refractivity contribution in [1.29, 1.82) is 0 Å². The maximum atomic E-state index is 12.4. The van der Waals surface area contributed by atoms with Gasteiger partial charge >= 0.3 is 0 Å². The molecule has 2 aromatic rings. The van der Waals surface area contributed by atoms with E-state index in [0.717, 1.165) is 0 Å². The number of carbonyl (C=O) groups excluding carboxylic acids is 2. The Morgan fingerprint density at radius 1 is 1.14 bits per heavy atom. The second kappa shape index (κ2) is 5.35. The standard InChI is InChI=1S/C14H15N5O2/c1-15-13(20)12-17-16-11-9-18(7-8-19(11)12)14(21)10-5-3-2-4-6-10/h2-6H,7-9H2,1H3,(H,15,20). The van der Waals surface area contributed by atoms with Crippen molar-refractivity contribution in [3.63, 3.8) is 0 Å². The average Bonchev–Trinajstić information content (AvgIpc) is 2.97. The number of nitrogens with one attached hydrogen (secondary N) is 1. The van der Waals surface area contributed by atoms with E-state index in [0.29, 0.717) is 36.8 Å². The molecule has 0 saturated carbocycles. The van der Waals surface area contributed by atoms with Crippen LogP contribution in [-0.4, -0.2) is 45.1 Å². The minimum Gasteiger partial charge on any atom is -0.352 e. The van der Waals surface area contributed by atoms with E-state index in [9.17, 15) is 9.59 Å². The topological polar surface area (TPSA) is 80.1 Å². The highest BCUT2D eigenvalue weighted by Crippen LogP contribution is 2.15. The molecule has 0 atom stereocenters. The van der Waals surface area contributed by atoms with E-state index in [-0.39, 0.29) is 11.8 Å². The Hall–Kier alpha value is -2.70. The molecule has 1 aromatic carbocycles. The molecule has 0 spiro atoms. The van der Waals surface area contributed by atoms with E-state index in [1.807, 2.05) is 18.2 Å². The molecular formula is C14H15N5O2. The van der Waals surface area contributed by atoms with Crippen LogP contribution >= 0.6 is 0 Å². The molecule has 1 aliphatic rings. The Morgan fingerprint density at radius 3 is 2.62 bits per heavy atom. The summed E-state index contributed by atoms with van der Waals surface area (Å²) < 4.78 is 1.76. The Labute approximate surface area is 121 Å². The Bertz CT molecular complexity index is 680. The molecule has 2 amide bonds. The summed E-state index contributed by atoms with van der Waals surface area (Å²) in [6.45, 7) is 1.41. The highest BCUT2D eigenvalue weighted by Gasteiger charge is 2.26. The summed E-state index contributed by atoms with van der Waals surface area (Å²) in [5.74, 6) is 0.617. The quantitative estimate of drug-likeness (QED) is 0.860. The normalized spacial score (nSPS) is 13.7. The van der Waals surface area contributed by atoms with Crippen molar-refractivity contribution >= 4 is 11.8 Å². The van der Waals surface area contributed by atoms with Crippen LogP contribution in [0.15, 0.2) is 30.3 Å². The molecule has 2 heterocycles. The number of rotatable bonds is 2. The van der Waals surface area contributed by atoms with E-state index >= 15 is 0 Å². The van der Waals surface area contributed by atoms with E-state index in [1.54, 1.807) is 28.6 Å². The van der Waals surface area contributed by atoms with Gasteiger partial charge in [-0.1, -0.05) is 18.2 Å². The lowest BCUT2D eigenvalue weighted by Crippen LogP contribution is -2.39. The summed E-state index contributed by atoms with van der Waals surface area (Å²) in [5.41, 5.74) is 0.650. The summed E-state index contributed by atoms with van der Waals surface area (Å²) in [6, 6.07) is 9.13. The van der Waals surface area contributed by atoms with Crippen molar-refractivity contribution in [3.8, 4) is 0 Å². The van der Waals surface area contributed by atoms with Gasteiger partial charge in [0.1, 0.15) is 0 Å². The van der Waals surface area contributed by atoms with Crippen LogP contribution in [0.25, 0.3) is 0 Å². The van der Waals surface area contributed by atoms with E-state index in [1.165, 1.54) is 0 Å². The maximum Gasteiger partial charge on any atom is 0.288 e. The fourth-order valence-electron chi connectivity index (χ4n) is 2.37. The third-order valence-corrected chi connectivity index (χ3v) is 3.49. The van der Waals surface area contributed by atoms with Gasteiger partial charge in [0.15, 0.2) is 5.82 Å². The van der Waals surface area contributed by atoms with Crippen LogP contribution in [-0.2, 0) is 13.1 Å². The predicted molar refractivity (Wildman–Crippen MR) is 74.6 cm³/mol. The Kier molecular flexibility index (Phi) is 3.39. The summed E-state index contributed by atoms with van der Waals surface area (Å²) in [7, 11) is 1.55. The molecular weight excluding hydrogens is 270 g/mol. The zero-order chi connectivity index (χ0) is 14.8. The summed E-state index contributed by atoms with van der Waals surface area (Å²) >= 11 is 0. The van der Waals surface area contributed by atoms with Gasteiger partial charge in [0.2, 0.25) is 5.82 Å².